The lowest BCUT2D eigenvalue weighted by Gasteiger charge is -2.09. The van der Waals surface area contributed by atoms with Crippen LogP contribution in [0.3, 0.4) is 0 Å². The van der Waals surface area contributed by atoms with Gasteiger partial charge in [0.05, 0.1) is 0 Å². The topological polar surface area (TPSA) is 97.0 Å². The second-order valence-corrected chi connectivity index (χ2v) is 5.44. The quantitative estimate of drug-likeness (QED) is 0.664. The van der Waals surface area contributed by atoms with E-state index in [1.807, 2.05) is 19.9 Å². The van der Waals surface area contributed by atoms with Crippen molar-refractivity contribution in [3.8, 4) is 11.5 Å². The highest BCUT2D eigenvalue weighted by Gasteiger charge is 2.17. The van der Waals surface area contributed by atoms with Crippen LogP contribution in [-0.4, -0.2) is 16.2 Å². The number of esters is 1. The van der Waals surface area contributed by atoms with Gasteiger partial charge in [0.2, 0.25) is 0 Å². The van der Waals surface area contributed by atoms with Crippen molar-refractivity contribution < 1.29 is 24.2 Å². The van der Waals surface area contributed by atoms with Crippen molar-refractivity contribution in [2.24, 2.45) is 0 Å². The fourth-order valence-electron chi connectivity index (χ4n) is 2.13. The van der Waals surface area contributed by atoms with E-state index >= 15 is 0 Å². The van der Waals surface area contributed by atoms with E-state index < -0.39 is 11.4 Å². The average Bonchev–Trinajstić information content (AvgIpc) is 2.43. The molecule has 2 rings (SSSR count). The van der Waals surface area contributed by atoms with Crippen molar-refractivity contribution in [3.63, 3.8) is 0 Å². The maximum atomic E-state index is 12.2. The molecule has 0 bridgehead atoms. The van der Waals surface area contributed by atoms with Crippen LogP contribution in [0.25, 0.3) is 11.0 Å². The van der Waals surface area contributed by atoms with Crippen molar-refractivity contribution >= 4 is 16.9 Å². The summed E-state index contributed by atoms with van der Waals surface area (Å²) in [6.07, 6.45) is 2.13. The SMILES string of the molecule is CC(=O)OCc1cc(=O)c2c(O)c(CC=C(C)C)c(O)cc2o1. The first-order valence-corrected chi connectivity index (χ1v) is 7.07. The zero-order valence-corrected chi connectivity index (χ0v) is 13.2. The lowest BCUT2D eigenvalue weighted by atomic mass is 10.0. The Hall–Kier alpha value is -2.76. The van der Waals surface area contributed by atoms with Gasteiger partial charge in [0.15, 0.2) is 5.43 Å². The fourth-order valence-corrected chi connectivity index (χ4v) is 2.13. The second kappa shape index (κ2) is 6.56. The predicted octanol–water partition coefficient (Wildman–Crippen LogP) is 2.78. The Bertz CT molecular complexity index is 840. The van der Waals surface area contributed by atoms with Crippen LogP contribution in [0.2, 0.25) is 0 Å². The van der Waals surface area contributed by atoms with Crippen molar-refractivity contribution in [1.29, 1.82) is 0 Å². The molecule has 0 aliphatic rings. The minimum Gasteiger partial charge on any atom is -0.507 e. The van der Waals surface area contributed by atoms with Crippen LogP contribution in [0.5, 0.6) is 11.5 Å². The summed E-state index contributed by atoms with van der Waals surface area (Å²) in [5.41, 5.74) is 0.853. The third-order valence-corrected chi connectivity index (χ3v) is 3.26. The van der Waals surface area contributed by atoms with Crippen LogP contribution in [0.4, 0.5) is 0 Å². The molecule has 0 unspecified atom stereocenters. The lowest BCUT2D eigenvalue weighted by molar-refractivity contribution is -0.142. The van der Waals surface area contributed by atoms with Crippen molar-refractivity contribution in [1.82, 2.24) is 0 Å². The van der Waals surface area contributed by atoms with Crippen LogP contribution in [0.15, 0.2) is 33.0 Å². The maximum absolute atomic E-state index is 12.2. The summed E-state index contributed by atoms with van der Waals surface area (Å²) in [7, 11) is 0. The Kier molecular flexibility index (Phi) is 4.74. The number of ether oxygens (including phenoxy) is 1. The third kappa shape index (κ3) is 3.71. The molecular formula is C17H18O6. The summed E-state index contributed by atoms with van der Waals surface area (Å²) >= 11 is 0. The highest BCUT2D eigenvalue weighted by Crippen LogP contribution is 2.35. The van der Waals surface area contributed by atoms with Crippen molar-refractivity contribution in [2.75, 3.05) is 0 Å². The predicted molar refractivity (Wildman–Crippen MR) is 84.4 cm³/mol. The molecule has 1 aromatic carbocycles. The molecule has 2 aromatic rings. The minimum absolute atomic E-state index is 0.00784. The van der Waals surface area contributed by atoms with Crippen LogP contribution in [-0.2, 0) is 22.6 Å². The van der Waals surface area contributed by atoms with Crippen molar-refractivity contribution in [3.05, 3.63) is 45.3 Å². The molecule has 0 saturated carbocycles. The number of allylic oxidation sites excluding steroid dienone is 2. The summed E-state index contributed by atoms with van der Waals surface area (Å²) in [6, 6.07) is 2.44. The largest absolute Gasteiger partial charge is 0.507 e. The molecule has 0 fully saturated rings. The number of rotatable bonds is 4. The molecule has 0 saturated heterocycles. The Morgan fingerprint density at radius 1 is 1.26 bits per heavy atom. The number of hydrogen-bond donors (Lipinski definition) is 2. The molecule has 23 heavy (non-hydrogen) atoms. The molecule has 0 atom stereocenters. The molecule has 1 heterocycles. The Labute approximate surface area is 132 Å². The van der Waals surface area contributed by atoms with Gasteiger partial charge in [-0.15, -0.1) is 0 Å². The Balaban J connectivity index is 2.55. The van der Waals surface area contributed by atoms with Crippen LogP contribution >= 0.6 is 0 Å². The van der Waals surface area contributed by atoms with Gasteiger partial charge in [0.1, 0.15) is 34.8 Å². The summed E-state index contributed by atoms with van der Waals surface area (Å²) < 4.78 is 10.2. The number of carbonyl (C=O) groups is 1. The average molecular weight is 318 g/mol. The van der Waals surface area contributed by atoms with E-state index in [9.17, 15) is 19.8 Å². The van der Waals surface area contributed by atoms with Gasteiger partial charge in [0.25, 0.3) is 0 Å². The molecular weight excluding hydrogens is 300 g/mol. The molecule has 6 nitrogen and oxygen atoms in total. The van der Waals surface area contributed by atoms with E-state index in [4.69, 9.17) is 9.15 Å². The van der Waals surface area contributed by atoms with E-state index in [1.54, 1.807) is 0 Å². The smallest absolute Gasteiger partial charge is 0.303 e. The van der Waals surface area contributed by atoms with E-state index in [-0.39, 0.29) is 40.4 Å². The van der Waals surface area contributed by atoms with Crippen LogP contribution in [0.1, 0.15) is 32.1 Å². The molecule has 0 aliphatic heterocycles. The molecule has 1 aromatic heterocycles. The number of carbonyl (C=O) groups excluding carboxylic acids is 1. The maximum Gasteiger partial charge on any atom is 0.303 e. The molecule has 0 spiro atoms. The summed E-state index contributed by atoms with van der Waals surface area (Å²) in [5.74, 6) is -0.838. The Morgan fingerprint density at radius 2 is 1.96 bits per heavy atom. The minimum atomic E-state index is -0.504. The second-order valence-electron chi connectivity index (χ2n) is 5.44. The number of benzene rings is 1. The van der Waals surface area contributed by atoms with Gasteiger partial charge in [-0.3, -0.25) is 9.59 Å². The third-order valence-electron chi connectivity index (χ3n) is 3.26. The number of hydrogen-bond acceptors (Lipinski definition) is 6. The summed E-state index contributed by atoms with van der Waals surface area (Å²) in [4.78, 5) is 23.0. The zero-order chi connectivity index (χ0) is 17.1. The van der Waals surface area contributed by atoms with Gasteiger partial charge in [0, 0.05) is 24.6 Å². The summed E-state index contributed by atoms with van der Waals surface area (Å²) in [5, 5.41) is 20.4. The first-order chi connectivity index (χ1) is 10.8. The number of fused-ring (bicyclic) bond motifs is 1. The number of phenolic OH excluding ortho intramolecular Hbond substituents is 2. The number of aromatic hydroxyl groups is 2. The fraction of sp³-hybridized carbons (Fsp3) is 0.294. The zero-order valence-electron chi connectivity index (χ0n) is 13.2. The van der Waals surface area contributed by atoms with Gasteiger partial charge < -0.3 is 19.4 Å². The monoisotopic (exact) mass is 318 g/mol. The molecule has 0 aliphatic carbocycles. The van der Waals surface area contributed by atoms with Crippen molar-refractivity contribution in [2.45, 2.75) is 33.8 Å². The van der Waals surface area contributed by atoms with Gasteiger partial charge in [-0.1, -0.05) is 11.6 Å². The standard InChI is InChI=1S/C17H18O6/c1-9(2)4-5-12-13(19)7-15-16(17(12)21)14(20)6-11(23-15)8-22-10(3)18/h4,6-7,19,21H,5,8H2,1-3H3. The van der Waals surface area contributed by atoms with Crippen LogP contribution in [0, 0.1) is 0 Å². The normalized spacial score (nSPS) is 10.6. The van der Waals surface area contributed by atoms with Gasteiger partial charge in [-0.2, -0.15) is 0 Å². The molecule has 0 amide bonds. The van der Waals surface area contributed by atoms with Gasteiger partial charge >= 0.3 is 5.97 Å². The van der Waals surface area contributed by atoms with E-state index in [1.165, 1.54) is 13.0 Å². The molecule has 6 heteroatoms. The van der Waals surface area contributed by atoms with Gasteiger partial charge in [-0.05, 0) is 20.3 Å². The highest BCUT2D eigenvalue weighted by atomic mass is 16.5. The molecule has 0 radical (unpaired) electrons. The first-order valence-electron chi connectivity index (χ1n) is 7.07. The lowest BCUT2D eigenvalue weighted by Crippen LogP contribution is -2.06. The van der Waals surface area contributed by atoms with E-state index in [0.29, 0.717) is 6.42 Å². The van der Waals surface area contributed by atoms with Gasteiger partial charge in [-0.25, -0.2) is 0 Å². The molecule has 122 valence electrons. The number of phenols is 2. The Morgan fingerprint density at radius 3 is 2.57 bits per heavy atom. The van der Waals surface area contributed by atoms with E-state index in [0.717, 1.165) is 11.6 Å². The van der Waals surface area contributed by atoms with E-state index in [2.05, 4.69) is 0 Å². The van der Waals surface area contributed by atoms with Crippen LogP contribution < -0.4 is 5.43 Å². The molecule has 2 N–H and O–H groups in total. The summed E-state index contributed by atoms with van der Waals surface area (Å²) in [6.45, 7) is 4.84. The first kappa shape index (κ1) is 16.6. The highest BCUT2D eigenvalue weighted by molar-refractivity contribution is 5.86.